The third kappa shape index (κ3) is 4.73. The van der Waals surface area contributed by atoms with E-state index in [4.69, 9.17) is 0 Å². The summed E-state index contributed by atoms with van der Waals surface area (Å²) in [6.45, 7) is 9.63. The van der Waals surface area contributed by atoms with E-state index in [1.54, 1.807) is 0 Å². The fourth-order valence-electron chi connectivity index (χ4n) is 2.82. The third-order valence-electron chi connectivity index (χ3n) is 4.37. The largest absolute Gasteiger partial charge is 0.369 e. The maximum absolute atomic E-state index is 12.2. The minimum Gasteiger partial charge on any atom is -0.369 e. The molecule has 0 unspecified atom stereocenters. The minimum absolute atomic E-state index is 0.248. The van der Waals surface area contributed by atoms with Crippen molar-refractivity contribution in [3.05, 3.63) is 29.8 Å². The molecule has 4 nitrogen and oxygen atoms in total. The highest BCUT2D eigenvalue weighted by Gasteiger charge is 2.20. The normalized spacial score (nSPS) is 15.9. The Morgan fingerprint density at radius 2 is 1.95 bits per heavy atom. The Labute approximate surface area is 134 Å². The van der Waals surface area contributed by atoms with Crippen molar-refractivity contribution in [3.63, 3.8) is 0 Å². The summed E-state index contributed by atoms with van der Waals surface area (Å²) >= 11 is 0. The van der Waals surface area contributed by atoms with Gasteiger partial charge in [0.15, 0.2) is 0 Å². The van der Waals surface area contributed by atoms with Crippen molar-refractivity contribution in [2.75, 3.05) is 51.2 Å². The quantitative estimate of drug-likeness (QED) is 0.807. The number of carbonyl (C=O) groups is 1. The topological polar surface area (TPSA) is 26.8 Å². The minimum atomic E-state index is 0.248. The van der Waals surface area contributed by atoms with Crippen LogP contribution in [0.3, 0.4) is 0 Å². The molecule has 1 heterocycles. The number of nitrogens with zero attached hydrogens (tertiary/aromatic N) is 3. The van der Waals surface area contributed by atoms with Crippen molar-refractivity contribution >= 4 is 11.6 Å². The van der Waals surface area contributed by atoms with Crippen molar-refractivity contribution in [3.8, 4) is 0 Å². The van der Waals surface area contributed by atoms with Crippen molar-refractivity contribution in [2.24, 2.45) is 0 Å². The summed E-state index contributed by atoms with van der Waals surface area (Å²) in [4.78, 5) is 18.7. The van der Waals surface area contributed by atoms with Gasteiger partial charge in [0.25, 0.3) is 0 Å². The van der Waals surface area contributed by atoms with Gasteiger partial charge in [0.1, 0.15) is 0 Å². The van der Waals surface area contributed by atoms with Crippen molar-refractivity contribution in [1.29, 1.82) is 0 Å². The van der Waals surface area contributed by atoms with Gasteiger partial charge in [-0.25, -0.2) is 0 Å². The second-order valence-corrected chi connectivity index (χ2v) is 6.27. The number of amides is 1. The van der Waals surface area contributed by atoms with Crippen LogP contribution in [0.5, 0.6) is 0 Å². The van der Waals surface area contributed by atoms with E-state index in [1.165, 1.54) is 11.3 Å². The first-order chi connectivity index (χ1) is 10.6. The van der Waals surface area contributed by atoms with Crippen LogP contribution in [-0.2, 0) is 4.79 Å². The lowest BCUT2D eigenvalue weighted by atomic mass is 10.2. The van der Waals surface area contributed by atoms with E-state index in [1.807, 2.05) is 11.9 Å². The Morgan fingerprint density at radius 3 is 2.59 bits per heavy atom. The molecule has 0 saturated carbocycles. The van der Waals surface area contributed by atoms with E-state index in [2.05, 4.69) is 47.9 Å². The number of benzene rings is 1. The molecule has 1 aliphatic heterocycles. The number of likely N-dealkylation sites (N-methyl/N-ethyl adjacent to an activating group) is 1. The average Bonchev–Trinajstić information content (AvgIpc) is 2.53. The molecule has 0 bridgehead atoms. The molecule has 1 fully saturated rings. The maximum atomic E-state index is 12.2. The van der Waals surface area contributed by atoms with Crippen LogP contribution >= 0.6 is 0 Å². The smallest absolute Gasteiger partial charge is 0.236 e. The summed E-state index contributed by atoms with van der Waals surface area (Å²) in [6, 6.07) is 8.65. The van der Waals surface area contributed by atoms with Gasteiger partial charge in [0.05, 0.1) is 6.54 Å². The monoisotopic (exact) mass is 303 g/mol. The zero-order valence-corrected chi connectivity index (χ0v) is 14.2. The first-order valence-electron chi connectivity index (χ1n) is 8.38. The summed E-state index contributed by atoms with van der Waals surface area (Å²) in [5.74, 6) is 0.248. The summed E-state index contributed by atoms with van der Waals surface area (Å²) < 4.78 is 0. The number of rotatable bonds is 6. The lowest BCUT2D eigenvalue weighted by molar-refractivity contribution is -0.131. The van der Waals surface area contributed by atoms with Gasteiger partial charge in [-0.3, -0.25) is 9.69 Å². The molecule has 2 rings (SSSR count). The molecule has 0 spiro atoms. The number of piperazine rings is 1. The zero-order chi connectivity index (χ0) is 15.9. The third-order valence-corrected chi connectivity index (χ3v) is 4.37. The molecule has 0 atom stereocenters. The number of anilines is 1. The van der Waals surface area contributed by atoms with Crippen LogP contribution < -0.4 is 4.90 Å². The molecule has 0 aliphatic carbocycles. The van der Waals surface area contributed by atoms with Crippen LogP contribution in [0.4, 0.5) is 5.69 Å². The molecular weight excluding hydrogens is 274 g/mol. The fourth-order valence-corrected chi connectivity index (χ4v) is 2.82. The van der Waals surface area contributed by atoms with Gasteiger partial charge in [-0.2, -0.15) is 0 Å². The molecular formula is C18H29N3O. The Morgan fingerprint density at radius 1 is 1.23 bits per heavy atom. The van der Waals surface area contributed by atoms with Gasteiger partial charge in [-0.05, 0) is 31.0 Å². The lowest BCUT2D eigenvalue weighted by Crippen LogP contribution is -2.49. The standard InChI is InChI=1S/C18H29N3O/c1-4-5-9-19(3)18(22)15-20-10-12-21(13-11-20)17-8-6-7-16(2)14-17/h6-8,14H,4-5,9-13,15H2,1-3H3. The van der Waals surface area contributed by atoms with E-state index in [9.17, 15) is 4.79 Å². The SMILES string of the molecule is CCCCN(C)C(=O)CN1CCN(c2cccc(C)c2)CC1. The van der Waals surface area contributed by atoms with E-state index in [-0.39, 0.29) is 5.91 Å². The predicted octanol–water partition coefficient (Wildman–Crippen LogP) is 2.38. The molecule has 4 heteroatoms. The van der Waals surface area contributed by atoms with E-state index in [0.717, 1.165) is 45.6 Å². The second-order valence-electron chi connectivity index (χ2n) is 6.27. The van der Waals surface area contributed by atoms with Gasteiger partial charge in [0.2, 0.25) is 5.91 Å². The zero-order valence-electron chi connectivity index (χ0n) is 14.2. The van der Waals surface area contributed by atoms with Crippen molar-refractivity contribution in [2.45, 2.75) is 26.7 Å². The van der Waals surface area contributed by atoms with Gasteiger partial charge < -0.3 is 9.80 Å². The van der Waals surface area contributed by atoms with Crippen LogP contribution in [0.25, 0.3) is 0 Å². The molecule has 22 heavy (non-hydrogen) atoms. The van der Waals surface area contributed by atoms with Crippen LogP contribution in [0.2, 0.25) is 0 Å². The van der Waals surface area contributed by atoms with Crippen molar-refractivity contribution in [1.82, 2.24) is 9.80 Å². The summed E-state index contributed by atoms with van der Waals surface area (Å²) in [7, 11) is 1.92. The number of carbonyl (C=O) groups excluding carboxylic acids is 1. The highest BCUT2D eigenvalue weighted by atomic mass is 16.2. The molecule has 1 aromatic carbocycles. The molecule has 122 valence electrons. The van der Waals surface area contributed by atoms with Crippen LogP contribution in [0.1, 0.15) is 25.3 Å². The Hall–Kier alpha value is -1.55. The lowest BCUT2D eigenvalue weighted by Gasteiger charge is -2.36. The predicted molar refractivity (Wildman–Crippen MR) is 92.4 cm³/mol. The molecule has 1 saturated heterocycles. The molecule has 1 amide bonds. The molecule has 0 radical (unpaired) electrons. The van der Waals surface area contributed by atoms with Gasteiger partial charge in [-0.1, -0.05) is 25.5 Å². The summed E-state index contributed by atoms with van der Waals surface area (Å²) in [5, 5.41) is 0. The number of aryl methyl sites for hydroxylation is 1. The van der Waals surface area contributed by atoms with Crippen LogP contribution in [-0.4, -0.2) is 62.0 Å². The average molecular weight is 303 g/mol. The number of hydrogen-bond donors (Lipinski definition) is 0. The Balaban J connectivity index is 1.78. The first-order valence-corrected chi connectivity index (χ1v) is 8.38. The second kappa shape index (κ2) is 8.18. The highest BCUT2D eigenvalue weighted by molar-refractivity contribution is 5.78. The van der Waals surface area contributed by atoms with Gasteiger partial charge in [-0.15, -0.1) is 0 Å². The van der Waals surface area contributed by atoms with E-state index < -0.39 is 0 Å². The number of unbranched alkanes of at least 4 members (excludes halogenated alkanes) is 1. The number of hydrogen-bond acceptors (Lipinski definition) is 3. The van der Waals surface area contributed by atoms with Crippen molar-refractivity contribution < 1.29 is 4.79 Å². The summed E-state index contributed by atoms with van der Waals surface area (Å²) in [5.41, 5.74) is 2.60. The summed E-state index contributed by atoms with van der Waals surface area (Å²) in [6.07, 6.45) is 2.22. The van der Waals surface area contributed by atoms with Crippen LogP contribution in [0, 0.1) is 6.92 Å². The molecule has 1 aromatic rings. The molecule has 1 aliphatic rings. The van der Waals surface area contributed by atoms with Crippen LogP contribution in [0.15, 0.2) is 24.3 Å². The first kappa shape index (κ1) is 16.8. The van der Waals surface area contributed by atoms with Gasteiger partial charge in [0, 0.05) is 45.5 Å². The fraction of sp³-hybridized carbons (Fsp3) is 0.611. The Kier molecular flexibility index (Phi) is 6.25. The molecule has 0 N–H and O–H groups in total. The Bertz CT molecular complexity index is 481. The van der Waals surface area contributed by atoms with E-state index in [0.29, 0.717) is 6.54 Å². The molecule has 0 aromatic heterocycles. The van der Waals surface area contributed by atoms with E-state index >= 15 is 0 Å². The van der Waals surface area contributed by atoms with Gasteiger partial charge >= 0.3 is 0 Å². The maximum Gasteiger partial charge on any atom is 0.236 e. The highest BCUT2D eigenvalue weighted by Crippen LogP contribution is 2.17.